The number of morpholine rings is 1. The van der Waals surface area contributed by atoms with Crippen LogP contribution in [0.15, 0.2) is 35.0 Å². The van der Waals surface area contributed by atoms with Gasteiger partial charge in [0.15, 0.2) is 0 Å². The minimum Gasteiger partial charge on any atom is -0.459 e. The van der Waals surface area contributed by atoms with E-state index in [4.69, 9.17) is 25.9 Å². The van der Waals surface area contributed by atoms with E-state index in [0.29, 0.717) is 7.05 Å². The third kappa shape index (κ3) is 2.28. The largest absolute Gasteiger partial charge is 0.459 e. The van der Waals surface area contributed by atoms with Crippen molar-refractivity contribution < 1.29 is 40.3 Å². The predicted molar refractivity (Wildman–Crippen MR) is 99.1 cm³/mol. The molecule has 138 valence electrons. The Morgan fingerprint density at radius 1 is 1.35 bits per heavy atom. The Labute approximate surface area is 177 Å². The lowest BCUT2D eigenvalue weighted by atomic mass is 9.95. The summed E-state index contributed by atoms with van der Waals surface area (Å²) in [6.45, 7) is -3.55. The fraction of sp³-hybridized carbons (Fsp3) is 0.526. The molecule has 0 aliphatic carbocycles. The SMILES string of the molecule is [2H]C1([2H])C([2H])(OC(=O)C(O)(c2cccs2)c2cccs2)C([2H])([2H])C2([2H])C3([2H])OC3([2H])C1([2H])[N+]2(C)C([2H])([2H])[2H]. The normalized spacial score (nSPS) is 63.3. The summed E-state index contributed by atoms with van der Waals surface area (Å²) in [5, 5.41) is 14.6. The molecule has 2 aromatic rings. The molecule has 3 saturated heterocycles. The van der Waals surface area contributed by atoms with Gasteiger partial charge >= 0.3 is 5.97 Å². The van der Waals surface area contributed by atoms with Gasteiger partial charge in [0.05, 0.1) is 34.7 Å². The highest BCUT2D eigenvalue weighted by Gasteiger charge is 2.71. The summed E-state index contributed by atoms with van der Waals surface area (Å²) < 4.78 is 112. The molecule has 0 saturated carbocycles. The lowest BCUT2D eigenvalue weighted by molar-refractivity contribution is -0.938. The van der Waals surface area contributed by atoms with Crippen molar-refractivity contribution in [3.63, 3.8) is 0 Å². The highest BCUT2D eigenvalue weighted by Crippen LogP contribution is 2.52. The molecule has 4 atom stereocenters. The quantitative estimate of drug-likeness (QED) is 0.483. The van der Waals surface area contributed by atoms with Crippen LogP contribution in [0.25, 0.3) is 0 Å². The van der Waals surface area contributed by atoms with Gasteiger partial charge in [0, 0.05) is 18.2 Å². The summed E-state index contributed by atoms with van der Waals surface area (Å²) in [6, 6.07) is -1.39. The van der Waals surface area contributed by atoms with E-state index in [1.807, 2.05) is 0 Å². The number of epoxide rings is 1. The molecule has 3 aliphatic rings. The molecule has 1 N–H and O–H groups in total. The number of piperidine rings is 1. The smallest absolute Gasteiger partial charge is 0.349 e. The first-order chi connectivity index (χ1) is 17.0. The summed E-state index contributed by atoms with van der Waals surface area (Å²) in [6.07, 6.45) is -17.9. The van der Waals surface area contributed by atoms with E-state index in [0.717, 1.165) is 22.7 Å². The van der Waals surface area contributed by atoms with E-state index >= 15 is 0 Å². The van der Waals surface area contributed by atoms with Gasteiger partial charge in [0.2, 0.25) is 5.60 Å². The first-order valence-electron chi connectivity index (χ1n) is 13.7. The number of likely N-dealkylation sites (N-methyl/N-ethyl adjacent to an activating group) is 1. The van der Waals surface area contributed by atoms with Crippen LogP contribution in [0.2, 0.25) is 0 Å². The Balaban J connectivity index is 1.75. The molecule has 0 aromatic carbocycles. The number of quaternary nitrogens is 1. The van der Waals surface area contributed by atoms with Crippen LogP contribution < -0.4 is 0 Å². The zero-order valence-electron chi connectivity index (χ0n) is 25.4. The number of nitrogens with zero attached hydrogens (tertiary/aromatic N) is 1. The number of carbonyl (C=O) groups excluding carboxylic acids is 1. The standard InChI is InChI=1S/C19H22NO4S2/c1-20(2)12-9-11(10-13(20)17-16(12)24-17)23-18(21)19(22,14-5-3-7-25-14)15-6-4-8-26-15/h3-8,11-13,16-17,22H,9-10H2,1-2H3/q+1/i1D3,9D2,10D2,11D,12D,13D,16D,17D. The number of hydrogen-bond acceptors (Lipinski definition) is 6. The lowest BCUT2D eigenvalue weighted by Gasteiger charge is -2.45. The van der Waals surface area contributed by atoms with Crippen LogP contribution in [0.4, 0.5) is 0 Å². The summed E-state index contributed by atoms with van der Waals surface area (Å²) >= 11 is 1.83. The monoisotopic (exact) mass is 404 g/mol. The molecular formula is C19H22NO4S2+. The topological polar surface area (TPSA) is 59.1 Å². The van der Waals surface area contributed by atoms with E-state index in [-0.39, 0.29) is 9.75 Å². The van der Waals surface area contributed by atoms with E-state index in [2.05, 4.69) is 0 Å². The van der Waals surface area contributed by atoms with Crippen molar-refractivity contribution in [1.82, 2.24) is 0 Å². The molecule has 5 rings (SSSR count). The van der Waals surface area contributed by atoms with Gasteiger partial charge in [-0.15, -0.1) is 22.7 Å². The summed E-state index contributed by atoms with van der Waals surface area (Å²) in [5.74, 6) is -1.71. The fourth-order valence-electron chi connectivity index (χ4n) is 3.00. The van der Waals surface area contributed by atoms with Crippen molar-refractivity contribution in [2.75, 3.05) is 14.0 Å². The highest BCUT2D eigenvalue weighted by molar-refractivity contribution is 7.12. The Bertz CT molecular complexity index is 1250. The average molecular weight is 405 g/mol. The van der Waals surface area contributed by atoms with Crippen LogP contribution in [-0.2, 0) is 19.9 Å². The van der Waals surface area contributed by atoms with Gasteiger partial charge in [-0.05, 0) is 22.9 Å². The van der Waals surface area contributed by atoms with Gasteiger partial charge in [-0.25, -0.2) is 4.79 Å². The number of hydrogen-bond donors (Lipinski definition) is 1. The Morgan fingerprint density at radius 2 is 1.92 bits per heavy atom. The minimum atomic E-state index is -3.90. The molecule has 2 bridgehead atoms. The van der Waals surface area contributed by atoms with Crippen molar-refractivity contribution in [3.05, 3.63) is 44.8 Å². The molecular weight excluding hydrogens is 370 g/mol. The van der Waals surface area contributed by atoms with Crippen molar-refractivity contribution in [3.8, 4) is 0 Å². The Morgan fingerprint density at radius 3 is 2.38 bits per heavy atom. The van der Waals surface area contributed by atoms with E-state index < -0.39 is 66.1 Å². The Kier molecular flexibility index (Phi) is 1.82. The second kappa shape index (κ2) is 5.62. The maximum absolute atomic E-state index is 13.7. The first kappa shape index (κ1) is 8.41. The van der Waals surface area contributed by atoms with Gasteiger partial charge in [0.25, 0.3) is 0 Å². The van der Waals surface area contributed by atoms with E-state index in [1.54, 1.807) is 0 Å². The third-order valence-electron chi connectivity index (χ3n) is 4.40. The number of esters is 1. The third-order valence-corrected chi connectivity index (χ3v) is 6.36. The van der Waals surface area contributed by atoms with Gasteiger partial charge < -0.3 is 19.1 Å². The summed E-state index contributed by atoms with van der Waals surface area (Å²) in [7, 11) is 0.653. The van der Waals surface area contributed by atoms with E-state index in [1.165, 1.54) is 35.0 Å². The molecule has 5 heterocycles. The van der Waals surface area contributed by atoms with Crippen molar-refractivity contribution in [2.45, 2.75) is 48.6 Å². The van der Waals surface area contributed by atoms with Crippen molar-refractivity contribution in [2.24, 2.45) is 0 Å². The molecule has 5 nitrogen and oxygen atoms in total. The summed E-state index contributed by atoms with van der Waals surface area (Å²) in [5.41, 5.74) is -2.65. The number of carbonyl (C=O) groups is 1. The minimum absolute atomic E-state index is 0.0159. The molecule has 2 aromatic heterocycles. The number of ether oxygens (including phenoxy) is 2. The number of rotatable bonds is 4. The van der Waals surface area contributed by atoms with Crippen LogP contribution in [0, 0.1) is 0 Å². The predicted octanol–water partition coefficient (Wildman–Crippen LogP) is 2.35. The Hall–Kier alpha value is -1.25. The first-order valence-corrected chi connectivity index (χ1v) is 9.41. The van der Waals surface area contributed by atoms with Crippen LogP contribution in [0.3, 0.4) is 0 Å². The zero-order chi connectivity index (χ0) is 28.8. The van der Waals surface area contributed by atoms with Gasteiger partial charge in [-0.2, -0.15) is 0 Å². The number of aliphatic hydroxyl groups is 1. The lowest BCUT2D eigenvalue weighted by Crippen LogP contribution is -2.60. The summed E-state index contributed by atoms with van der Waals surface area (Å²) in [4.78, 5) is 13.7. The molecule has 3 aliphatic heterocycles. The van der Waals surface area contributed by atoms with Gasteiger partial charge in [0.1, 0.15) is 30.3 Å². The number of fused-ring (bicyclic) bond motifs is 5. The fourth-order valence-corrected chi connectivity index (χ4v) is 4.71. The maximum atomic E-state index is 13.7. The second-order valence-corrected chi connectivity index (χ2v) is 7.99. The van der Waals surface area contributed by atoms with Crippen LogP contribution in [0.5, 0.6) is 0 Å². The molecule has 0 radical (unpaired) electrons. The van der Waals surface area contributed by atoms with Crippen molar-refractivity contribution >= 4 is 28.6 Å². The van der Waals surface area contributed by atoms with Gasteiger partial charge in [-0.3, -0.25) is 0 Å². The molecule has 0 amide bonds. The van der Waals surface area contributed by atoms with Crippen molar-refractivity contribution in [1.29, 1.82) is 0 Å². The second-order valence-electron chi connectivity index (χ2n) is 6.10. The van der Waals surface area contributed by atoms with E-state index in [9.17, 15) is 9.90 Å². The van der Waals surface area contributed by atoms with Gasteiger partial charge in [-0.1, -0.05) is 12.1 Å². The maximum Gasteiger partial charge on any atom is 0.349 e. The molecule has 0 spiro atoms. The number of thiophene rings is 2. The average Bonchev–Trinajstić information content (AvgIpc) is 3.32. The van der Waals surface area contributed by atoms with Crippen LogP contribution in [0.1, 0.15) is 38.9 Å². The molecule has 4 unspecified atom stereocenters. The van der Waals surface area contributed by atoms with Crippen LogP contribution >= 0.6 is 22.7 Å². The molecule has 26 heavy (non-hydrogen) atoms. The highest BCUT2D eigenvalue weighted by atomic mass is 32.1. The van der Waals surface area contributed by atoms with Crippen LogP contribution in [-0.4, -0.2) is 59.9 Å². The molecule has 3 fully saturated rings. The zero-order valence-corrected chi connectivity index (χ0v) is 15.0. The molecule has 7 heteroatoms.